The molecule has 2 aromatic rings. The molecule has 1 heterocycles. The van der Waals surface area contributed by atoms with Gasteiger partial charge in [-0.25, -0.2) is 0 Å². The van der Waals surface area contributed by atoms with Crippen LogP contribution in [0.5, 0.6) is 11.5 Å². The number of fused-ring (bicyclic) bond motifs is 1. The summed E-state index contributed by atoms with van der Waals surface area (Å²) in [5.74, 6) is 2.26. The molecule has 0 aromatic heterocycles. The number of ether oxygens (including phenoxy) is 2. The van der Waals surface area contributed by atoms with Crippen LogP contribution in [-0.4, -0.2) is 6.79 Å². The lowest BCUT2D eigenvalue weighted by molar-refractivity contribution is 0.174. The second-order valence-corrected chi connectivity index (χ2v) is 5.69. The SMILES string of the molecule is CC(C)c1ccc(CNCc2ccc3c(c2)OCO3)cc1. The number of hydrogen-bond donors (Lipinski definition) is 1. The van der Waals surface area contributed by atoms with Gasteiger partial charge < -0.3 is 14.8 Å². The summed E-state index contributed by atoms with van der Waals surface area (Å²) < 4.78 is 10.7. The van der Waals surface area contributed by atoms with Crippen LogP contribution in [0.4, 0.5) is 0 Å². The van der Waals surface area contributed by atoms with Crippen molar-refractivity contribution in [3.8, 4) is 11.5 Å². The Hall–Kier alpha value is -2.00. The summed E-state index contributed by atoms with van der Waals surface area (Å²) in [5.41, 5.74) is 3.90. The minimum atomic E-state index is 0.328. The molecule has 0 fully saturated rings. The highest BCUT2D eigenvalue weighted by Gasteiger charge is 2.12. The molecule has 1 N–H and O–H groups in total. The Balaban J connectivity index is 1.54. The van der Waals surface area contributed by atoms with Gasteiger partial charge in [0.2, 0.25) is 6.79 Å². The van der Waals surface area contributed by atoms with Gasteiger partial charge in [-0.3, -0.25) is 0 Å². The zero-order chi connectivity index (χ0) is 14.7. The Labute approximate surface area is 125 Å². The fourth-order valence-corrected chi connectivity index (χ4v) is 2.42. The molecule has 3 nitrogen and oxygen atoms in total. The van der Waals surface area contributed by atoms with E-state index in [1.54, 1.807) is 0 Å². The summed E-state index contributed by atoms with van der Waals surface area (Å²) in [6.07, 6.45) is 0. The maximum absolute atomic E-state index is 5.39. The van der Waals surface area contributed by atoms with E-state index in [-0.39, 0.29) is 0 Å². The fourth-order valence-electron chi connectivity index (χ4n) is 2.42. The Morgan fingerprint density at radius 3 is 2.33 bits per heavy atom. The summed E-state index contributed by atoms with van der Waals surface area (Å²) >= 11 is 0. The van der Waals surface area contributed by atoms with Gasteiger partial charge in [0.05, 0.1) is 0 Å². The standard InChI is InChI=1S/C18H21NO2/c1-13(2)16-6-3-14(4-7-16)10-19-11-15-5-8-17-18(9-15)21-12-20-17/h3-9,13,19H,10-12H2,1-2H3. The molecule has 0 atom stereocenters. The first-order valence-electron chi connectivity index (χ1n) is 7.40. The summed E-state index contributed by atoms with van der Waals surface area (Å²) in [5, 5.41) is 3.46. The van der Waals surface area contributed by atoms with Gasteiger partial charge in [0.15, 0.2) is 11.5 Å². The van der Waals surface area contributed by atoms with Crippen LogP contribution < -0.4 is 14.8 Å². The number of rotatable bonds is 5. The van der Waals surface area contributed by atoms with Crippen molar-refractivity contribution in [2.24, 2.45) is 0 Å². The first-order valence-corrected chi connectivity index (χ1v) is 7.40. The zero-order valence-corrected chi connectivity index (χ0v) is 12.6. The lowest BCUT2D eigenvalue weighted by Crippen LogP contribution is -2.12. The molecule has 3 rings (SSSR count). The molecule has 0 bridgehead atoms. The van der Waals surface area contributed by atoms with Gasteiger partial charge in [-0.15, -0.1) is 0 Å². The van der Waals surface area contributed by atoms with E-state index in [1.807, 2.05) is 12.1 Å². The molecule has 0 saturated heterocycles. The number of benzene rings is 2. The zero-order valence-electron chi connectivity index (χ0n) is 12.6. The predicted octanol–water partition coefficient (Wildman–Crippen LogP) is 3.83. The van der Waals surface area contributed by atoms with Crippen molar-refractivity contribution < 1.29 is 9.47 Å². The van der Waals surface area contributed by atoms with Crippen LogP contribution in [0, 0.1) is 0 Å². The van der Waals surface area contributed by atoms with Crippen molar-refractivity contribution in [3.63, 3.8) is 0 Å². The van der Waals surface area contributed by atoms with E-state index in [9.17, 15) is 0 Å². The number of hydrogen-bond acceptors (Lipinski definition) is 3. The molecule has 110 valence electrons. The second-order valence-electron chi connectivity index (χ2n) is 5.69. The molecule has 21 heavy (non-hydrogen) atoms. The fraction of sp³-hybridized carbons (Fsp3) is 0.333. The molecule has 0 unspecified atom stereocenters. The molecule has 0 amide bonds. The molecule has 0 radical (unpaired) electrons. The summed E-state index contributed by atoms with van der Waals surface area (Å²) in [6, 6.07) is 14.9. The van der Waals surface area contributed by atoms with Crippen molar-refractivity contribution in [3.05, 3.63) is 59.2 Å². The third-order valence-electron chi connectivity index (χ3n) is 3.74. The number of nitrogens with one attached hydrogen (secondary N) is 1. The average molecular weight is 283 g/mol. The average Bonchev–Trinajstić information content (AvgIpc) is 2.95. The monoisotopic (exact) mass is 283 g/mol. The van der Waals surface area contributed by atoms with Crippen LogP contribution >= 0.6 is 0 Å². The highest BCUT2D eigenvalue weighted by Crippen LogP contribution is 2.32. The van der Waals surface area contributed by atoms with Gasteiger partial charge in [0.1, 0.15) is 0 Å². The molecular weight excluding hydrogens is 262 g/mol. The van der Waals surface area contributed by atoms with Crippen LogP contribution in [0.25, 0.3) is 0 Å². The highest BCUT2D eigenvalue weighted by atomic mass is 16.7. The van der Waals surface area contributed by atoms with Gasteiger partial charge >= 0.3 is 0 Å². The topological polar surface area (TPSA) is 30.5 Å². The molecular formula is C18H21NO2. The smallest absolute Gasteiger partial charge is 0.231 e. The van der Waals surface area contributed by atoms with Crippen molar-refractivity contribution in [2.75, 3.05) is 6.79 Å². The highest BCUT2D eigenvalue weighted by molar-refractivity contribution is 5.44. The summed E-state index contributed by atoms with van der Waals surface area (Å²) in [6.45, 7) is 6.45. The van der Waals surface area contributed by atoms with E-state index in [4.69, 9.17) is 9.47 Å². The predicted molar refractivity (Wildman–Crippen MR) is 83.6 cm³/mol. The van der Waals surface area contributed by atoms with Crippen molar-refractivity contribution in [1.29, 1.82) is 0 Å². The van der Waals surface area contributed by atoms with Crippen LogP contribution in [0.2, 0.25) is 0 Å². The Morgan fingerprint density at radius 2 is 1.57 bits per heavy atom. The molecule has 3 heteroatoms. The Kier molecular flexibility index (Phi) is 4.11. The van der Waals surface area contributed by atoms with Crippen molar-refractivity contribution >= 4 is 0 Å². The summed E-state index contributed by atoms with van der Waals surface area (Å²) in [7, 11) is 0. The van der Waals surface area contributed by atoms with E-state index < -0.39 is 0 Å². The molecule has 1 aliphatic rings. The molecule has 0 spiro atoms. The third kappa shape index (κ3) is 3.37. The Morgan fingerprint density at radius 1 is 0.905 bits per heavy atom. The minimum absolute atomic E-state index is 0.328. The van der Waals surface area contributed by atoms with E-state index >= 15 is 0 Å². The van der Waals surface area contributed by atoms with E-state index in [1.165, 1.54) is 16.7 Å². The van der Waals surface area contributed by atoms with Crippen molar-refractivity contribution in [2.45, 2.75) is 32.9 Å². The first-order chi connectivity index (χ1) is 10.2. The van der Waals surface area contributed by atoms with Crippen LogP contribution in [-0.2, 0) is 13.1 Å². The maximum Gasteiger partial charge on any atom is 0.231 e. The maximum atomic E-state index is 5.39. The second kappa shape index (κ2) is 6.19. The van der Waals surface area contributed by atoms with Gasteiger partial charge in [0, 0.05) is 13.1 Å². The quantitative estimate of drug-likeness (QED) is 0.904. The minimum Gasteiger partial charge on any atom is -0.454 e. The third-order valence-corrected chi connectivity index (χ3v) is 3.74. The van der Waals surface area contributed by atoms with Crippen LogP contribution in [0.15, 0.2) is 42.5 Å². The van der Waals surface area contributed by atoms with E-state index in [0.29, 0.717) is 12.7 Å². The normalized spacial score (nSPS) is 12.9. The van der Waals surface area contributed by atoms with E-state index in [2.05, 4.69) is 49.5 Å². The first kappa shape index (κ1) is 14.0. The lowest BCUT2D eigenvalue weighted by Gasteiger charge is -2.08. The van der Waals surface area contributed by atoms with Gasteiger partial charge in [0.25, 0.3) is 0 Å². The van der Waals surface area contributed by atoms with Gasteiger partial charge in [-0.2, -0.15) is 0 Å². The molecule has 1 aliphatic heterocycles. The van der Waals surface area contributed by atoms with Gasteiger partial charge in [-0.1, -0.05) is 44.2 Å². The molecule has 2 aromatic carbocycles. The van der Waals surface area contributed by atoms with Crippen LogP contribution in [0.1, 0.15) is 36.5 Å². The Bertz CT molecular complexity index is 605. The van der Waals surface area contributed by atoms with Crippen molar-refractivity contribution in [1.82, 2.24) is 5.32 Å². The van der Waals surface area contributed by atoms with Gasteiger partial charge in [-0.05, 0) is 34.7 Å². The van der Waals surface area contributed by atoms with Crippen LogP contribution in [0.3, 0.4) is 0 Å². The lowest BCUT2D eigenvalue weighted by atomic mass is 10.0. The molecule has 0 aliphatic carbocycles. The molecule has 0 saturated carbocycles. The largest absolute Gasteiger partial charge is 0.454 e. The van der Waals surface area contributed by atoms with E-state index in [0.717, 1.165) is 24.6 Å². The summed E-state index contributed by atoms with van der Waals surface area (Å²) in [4.78, 5) is 0.